The third kappa shape index (κ3) is 3.20. The summed E-state index contributed by atoms with van der Waals surface area (Å²) in [6.45, 7) is 1.93. The van der Waals surface area contributed by atoms with Crippen molar-refractivity contribution in [1.82, 2.24) is 14.8 Å². The summed E-state index contributed by atoms with van der Waals surface area (Å²) in [5.74, 6) is 0. The van der Waals surface area contributed by atoms with Crippen molar-refractivity contribution in [2.75, 3.05) is 0 Å². The summed E-state index contributed by atoms with van der Waals surface area (Å²) >= 11 is 3.14. The molecule has 4 nitrogen and oxygen atoms in total. The Morgan fingerprint density at radius 3 is 2.14 bits per heavy atom. The monoisotopic (exact) mass is 415 g/mol. The highest BCUT2D eigenvalue weighted by Crippen LogP contribution is 2.34. The van der Waals surface area contributed by atoms with Crippen molar-refractivity contribution >= 4 is 32.9 Å². The fourth-order valence-electron chi connectivity index (χ4n) is 3.53. The molecular weight excluding hydrogens is 398 g/mol. The van der Waals surface area contributed by atoms with Crippen LogP contribution in [0.15, 0.2) is 83.0 Å². The predicted octanol–water partition coefficient (Wildman–Crippen LogP) is 5.53. The second-order valence-electron chi connectivity index (χ2n) is 6.71. The summed E-state index contributed by atoms with van der Waals surface area (Å²) in [5, 5.41) is 7.79. The van der Waals surface area contributed by atoms with E-state index in [9.17, 15) is 4.79 Å². The van der Waals surface area contributed by atoms with E-state index in [0.717, 1.165) is 31.4 Å². The fourth-order valence-corrected chi connectivity index (χ4v) is 5.22. The standard InChI is InChI=1S/C23H17N3OS2/c1-15-24-20-22(29-15)19(18-13-8-14-28-18)25-26(23(20)27)21(16-9-4-2-5-10-16)17-11-6-3-7-12-17/h2-14,21H,1H3. The molecule has 0 radical (unpaired) electrons. The normalized spacial score (nSPS) is 11.4. The molecule has 0 fully saturated rings. The average Bonchev–Trinajstić information content (AvgIpc) is 3.42. The van der Waals surface area contributed by atoms with E-state index in [1.165, 1.54) is 11.3 Å². The van der Waals surface area contributed by atoms with Crippen LogP contribution in [-0.4, -0.2) is 14.8 Å². The van der Waals surface area contributed by atoms with Gasteiger partial charge in [0.05, 0.1) is 14.6 Å². The lowest BCUT2D eigenvalue weighted by molar-refractivity contribution is 0.568. The molecule has 0 spiro atoms. The summed E-state index contributed by atoms with van der Waals surface area (Å²) in [4.78, 5) is 19.1. The van der Waals surface area contributed by atoms with Gasteiger partial charge in [-0.25, -0.2) is 9.67 Å². The van der Waals surface area contributed by atoms with Crippen molar-refractivity contribution < 1.29 is 0 Å². The molecule has 3 aromatic heterocycles. The maximum absolute atomic E-state index is 13.5. The molecule has 5 aromatic rings. The van der Waals surface area contributed by atoms with Crippen molar-refractivity contribution in [3.63, 3.8) is 0 Å². The molecule has 0 bridgehead atoms. The third-order valence-electron chi connectivity index (χ3n) is 4.80. The largest absolute Gasteiger partial charge is 0.295 e. The first-order chi connectivity index (χ1) is 14.2. The third-order valence-corrected chi connectivity index (χ3v) is 6.65. The summed E-state index contributed by atoms with van der Waals surface area (Å²) < 4.78 is 2.45. The summed E-state index contributed by atoms with van der Waals surface area (Å²) in [7, 11) is 0. The van der Waals surface area contributed by atoms with Gasteiger partial charge in [-0.2, -0.15) is 5.10 Å². The highest BCUT2D eigenvalue weighted by Gasteiger charge is 2.24. The minimum absolute atomic E-state index is 0.164. The van der Waals surface area contributed by atoms with Crippen molar-refractivity contribution in [2.24, 2.45) is 0 Å². The molecule has 0 saturated heterocycles. The van der Waals surface area contributed by atoms with E-state index in [4.69, 9.17) is 5.10 Å². The van der Waals surface area contributed by atoms with Crippen molar-refractivity contribution in [1.29, 1.82) is 0 Å². The van der Waals surface area contributed by atoms with E-state index in [2.05, 4.69) is 4.98 Å². The molecule has 5 rings (SSSR count). The zero-order valence-corrected chi connectivity index (χ0v) is 17.3. The van der Waals surface area contributed by atoms with Crippen LogP contribution in [0, 0.1) is 6.92 Å². The van der Waals surface area contributed by atoms with Gasteiger partial charge in [0.2, 0.25) is 0 Å². The molecule has 0 aliphatic rings. The number of hydrogen-bond acceptors (Lipinski definition) is 5. The van der Waals surface area contributed by atoms with Gasteiger partial charge in [0.15, 0.2) is 5.52 Å². The number of hydrogen-bond donors (Lipinski definition) is 0. The highest BCUT2D eigenvalue weighted by atomic mass is 32.1. The molecule has 0 atom stereocenters. The van der Waals surface area contributed by atoms with Gasteiger partial charge in [-0.1, -0.05) is 66.7 Å². The Morgan fingerprint density at radius 2 is 1.55 bits per heavy atom. The molecule has 142 valence electrons. The van der Waals surface area contributed by atoms with Gasteiger partial charge in [0, 0.05) is 0 Å². The molecule has 3 heterocycles. The van der Waals surface area contributed by atoms with Crippen LogP contribution in [0.3, 0.4) is 0 Å². The number of nitrogens with zero attached hydrogens (tertiary/aromatic N) is 3. The first-order valence-electron chi connectivity index (χ1n) is 9.26. The van der Waals surface area contributed by atoms with E-state index in [0.29, 0.717) is 5.52 Å². The molecule has 0 amide bonds. The van der Waals surface area contributed by atoms with Gasteiger partial charge in [-0.15, -0.1) is 22.7 Å². The number of fused-ring (bicyclic) bond motifs is 1. The number of thiophene rings is 1. The molecule has 0 saturated carbocycles. The van der Waals surface area contributed by atoms with E-state index < -0.39 is 0 Å². The van der Waals surface area contributed by atoms with Crippen LogP contribution >= 0.6 is 22.7 Å². The first-order valence-corrected chi connectivity index (χ1v) is 11.0. The molecule has 0 N–H and O–H groups in total. The lowest BCUT2D eigenvalue weighted by Gasteiger charge is -2.20. The Balaban J connectivity index is 1.84. The SMILES string of the molecule is Cc1nc2c(=O)n(C(c3ccccc3)c3ccccc3)nc(-c3cccs3)c2s1. The molecular formula is C23H17N3OS2. The summed E-state index contributed by atoms with van der Waals surface area (Å²) in [6, 6.07) is 23.8. The minimum atomic E-state index is -0.324. The predicted molar refractivity (Wildman–Crippen MR) is 120 cm³/mol. The second-order valence-corrected chi connectivity index (χ2v) is 8.86. The van der Waals surface area contributed by atoms with Crippen LogP contribution in [0.1, 0.15) is 22.2 Å². The van der Waals surface area contributed by atoms with Gasteiger partial charge >= 0.3 is 0 Å². The Hall–Kier alpha value is -3.09. The number of aromatic nitrogens is 3. The van der Waals surface area contributed by atoms with Gasteiger partial charge in [-0.05, 0) is 29.5 Å². The van der Waals surface area contributed by atoms with Gasteiger partial charge in [-0.3, -0.25) is 4.79 Å². The van der Waals surface area contributed by atoms with Crippen molar-refractivity contribution in [3.05, 3.63) is 105 Å². The Kier molecular flexibility index (Phi) is 4.58. The van der Waals surface area contributed by atoms with Crippen molar-refractivity contribution in [2.45, 2.75) is 13.0 Å². The van der Waals surface area contributed by atoms with Gasteiger partial charge in [0.1, 0.15) is 11.7 Å². The summed E-state index contributed by atoms with van der Waals surface area (Å²) in [5.41, 5.74) is 3.16. The highest BCUT2D eigenvalue weighted by molar-refractivity contribution is 7.20. The van der Waals surface area contributed by atoms with Crippen LogP contribution in [0.25, 0.3) is 20.8 Å². The minimum Gasteiger partial charge on any atom is -0.265 e. The topological polar surface area (TPSA) is 47.8 Å². The molecule has 2 aromatic carbocycles. The van der Waals surface area contributed by atoms with E-state index >= 15 is 0 Å². The average molecular weight is 416 g/mol. The summed E-state index contributed by atoms with van der Waals surface area (Å²) in [6.07, 6.45) is 0. The Morgan fingerprint density at radius 1 is 0.897 bits per heavy atom. The Labute approximate surface area is 175 Å². The number of aryl methyl sites for hydroxylation is 1. The molecule has 29 heavy (non-hydrogen) atoms. The van der Waals surface area contributed by atoms with E-state index in [-0.39, 0.29) is 11.6 Å². The smallest absolute Gasteiger partial charge is 0.265 e. The first kappa shape index (κ1) is 18.0. The number of benzene rings is 2. The zero-order chi connectivity index (χ0) is 19.8. The molecule has 6 heteroatoms. The molecule has 0 aliphatic heterocycles. The van der Waals surface area contributed by atoms with E-state index in [1.807, 2.05) is 85.1 Å². The lowest BCUT2D eigenvalue weighted by atomic mass is 9.99. The number of thiazole rings is 1. The van der Waals surface area contributed by atoms with Gasteiger partial charge in [0.25, 0.3) is 5.56 Å². The van der Waals surface area contributed by atoms with Crippen LogP contribution in [0.4, 0.5) is 0 Å². The maximum atomic E-state index is 13.5. The van der Waals surface area contributed by atoms with Crippen LogP contribution in [-0.2, 0) is 0 Å². The maximum Gasteiger partial charge on any atom is 0.295 e. The lowest BCUT2D eigenvalue weighted by Crippen LogP contribution is -2.29. The molecule has 0 aliphatic carbocycles. The quantitative estimate of drug-likeness (QED) is 0.388. The Bertz CT molecular complexity index is 1280. The fraction of sp³-hybridized carbons (Fsp3) is 0.0870. The number of rotatable bonds is 4. The van der Waals surface area contributed by atoms with E-state index in [1.54, 1.807) is 16.0 Å². The van der Waals surface area contributed by atoms with Crippen LogP contribution < -0.4 is 5.56 Å². The van der Waals surface area contributed by atoms with Gasteiger partial charge < -0.3 is 0 Å². The second kappa shape index (κ2) is 7.39. The molecule has 0 unspecified atom stereocenters. The van der Waals surface area contributed by atoms with Crippen molar-refractivity contribution in [3.8, 4) is 10.6 Å². The van der Waals surface area contributed by atoms with Crippen LogP contribution in [0.5, 0.6) is 0 Å². The zero-order valence-electron chi connectivity index (χ0n) is 15.6. The van der Waals surface area contributed by atoms with Crippen LogP contribution in [0.2, 0.25) is 0 Å².